The van der Waals surface area contributed by atoms with Gasteiger partial charge in [-0.05, 0) is 7.05 Å². The molecule has 80 valence electrons. The summed E-state index contributed by atoms with van der Waals surface area (Å²) in [6.45, 7) is 1.79. The van der Waals surface area contributed by atoms with Crippen LogP contribution in [0.3, 0.4) is 0 Å². The molecule has 0 radical (unpaired) electrons. The standard InChI is InChI=1S/C9H13N5O/c1-11-7-4-14(5-7)9-12-2-6(3-13-9)8(10)15/h2-3,7,11H,4-5H2,1H3,(H2,10,15). The van der Waals surface area contributed by atoms with Gasteiger partial charge in [-0.15, -0.1) is 0 Å². The van der Waals surface area contributed by atoms with Crippen molar-refractivity contribution < 1.29 is 4.79 Å². The fourth-order valence-corrected chi connectivity index (χ4v) is 1.44. The van der Waals surface area contributed by atoms with E-state index in [-0.39, 0.29) is 0 Å². The van der Waals surface area contributed by atoms with E-state index in [9.17, 15) is 4.79 Å². The molecule has 6 nitrogen and oxygen atoms in total. The molecule has 0 atom stereocenters. The lowest BCUT2D eigenvalue weighted by Gasteiger charge is -2.38. The van der Waals surface area contributed by atoms with Crippen molar-refractivity contribution in [1.82, 2.24) is 15.3 Å². The van der Waals surface area contributed by atoms with E-state index in [0.717, 1.165) is 13.1 Å². The molecule has 1 aromatic heterocycles. The van der Waals surface area contributed by atoms with E-state index in [1.54, 1.807) is 0 Å². The fourth-order valence-electron chi connectivity index (χ4n) is 1.44. The maximum absolute atomic E-state index is 10.8. The quantitative estimate of drug-likeness (QED) is 0.663. The van der Waals surface area contributed by atoms with Crippen molar-refractivity contribution in [3.63, 3.8) is 0 Å². The lowest BCUT2D eigenvalue weighted by Crippen LogP contribution is -2.57. The number of rotatable bonds is 3. The third-order valence-corrected chi connectivity index (χ3v) is 2.50. The van der Waals surface area contributed by atoms with Gasteiger partial charge >= 0.3 is 0 Å². The Balaban J connectivity index is 2.02. The van der Waals surface area contributed by atoms with E-state index < -0.39 is 5.91 Å². The average molecular weight is 207 g/mol. The van der Waals surface area contributed by atoms with Gasteiger partial charge in [0.2, 0.25) is 5.95 Å². The highest BCUT2D eigenvalue weighted by Crippen LogP contribution is 2.15. The van der Waals surface area contributed by atoms with E-state index in [0.29, 0.717) is 17.6 Å². The molecule has 0 aromatic carbocycles. The number of nitrogens with two attached hydrogens (primary N) is 1. The minimum Gasteiger partial charge on any atom is -0.366 e. The molecule has 0 saturated carbocycles. The van der Waals surface area contributed by atoms with E-state index in [4.69, 9.17) is 5.73 Å². The first-order valence-corrected chi connectivity index (χ1v) is 4.74. The van der Waals surface area contributed by atoms with Crippen LogP contribution in [0.4, 0.5) is 5.95 Å². The van der Waals surface area contributed by atoms with Gasteiger partial charge in [0.15, 0.2) is 0 Å². The summed E-state index contributed by atoms with van der Waals surface area (Å²) < 4.78 is 0. The van der Waals surface area contributed by atoms with Crippen LogP contribution in [-0.4, -0.2) is 42.1 Å². The topological polar surface area (TPSA) is 84.1 Å². The normalized spacial score (nSPS) is 16.2. The molecule has 0 bridgehead atoms. The third-order valence-electron chi connectivity index (χ3n) is 2.50. The molecule has 1 aromatic rings. The van der Waals surface area contributed by atoms with Crippen molar-refractivity contribution in [3.05, 3.63) is 18.0 Å². The Hall–Kier alpha value is -1.69. The van der Waals surface area contributed by atoms with E-state index in [1.165, 1.54) is 12.4 Å². The Bertz CT molecular complexity index is 357. The van der Waals surface area contributed by atoms with Crippen LogP contribution in [0, 0.1) is 0 Å². The Morgan fingerprint density at radius 1 is 1.53 bits per heavy atom. The van der Waals surface area contributed by atoms with Crippen LogP contribution >= 0.6 is 0 Å². The number of hydrogen-bond donors (Lipinski definition) is 2. The second-order valence-electron chi connectivity index (χ2n) is 3.53. The van der Waals surface area contributed by atoms with Crippen molar-refractivity contribution in [2.75, 3.05) is 25.0 Å². The number of hydrogen-bond acceptors (Lipinski definition) is 5. The number of anilines is 1. The van der Waals surface area contributed by atoms with Crippen LogP contribution in [-0.2, 0) is 0 Å². The number of carbonyl (C=O) groups is 1. The highest BCUT2D eigenvalue weighted by molar-refractivity contribution is 5.92. The first-order chi connectivity index (χ1) is 7.20. The largest absolute Gasteiger partial charge is 0.366 e. The first-order valence-electron chi connectivity index (χ1n) is 4.74. The van der Waals surface area contributed by atoms with E-state index in [1.807, 2.05) is 11.9 Å². The predicted molar refractivity (Wildman–Crippen MR) is 55.6 cm³/mol. The van der Waals surface area contributed by atoms with Crippen molar-refractivity contribution in [2.24, 2.45) is 5.73 Å². The molecule has 2 rings (SSSR count). The molecule has 2 heterocycles. The number of likely N-dealkylation sites (N-methyl/N-ethyl adjacent to an activating group) is 1. The zero-order valence-electron chi connectivity index (χ0n) is 8.47. The Labute approximate surface area is 87.5 Å². The summed E-state index contributed by atoms with van der Waals surface area (Å²) in [6, 6.07) is 0.504. The van der Waals surface area contributed by atoms with Crippen LogP contribution < -0.4 is 16.0 Å². The molecule has 0 aliphatic carbocycles. The molecule has 15 heavy (non-hydrogen) atoms. The Morgan fingerprint density at radius 3 is 2.60 bits per heavy atom. The SMILES string of the molecule is CNC1CN(c2ncc(C(N)=O)cn2)C1. The van der Waals surface area contributed by atoms with Gasteiger partial charge in [0, 0.05) is 31.5 Å². The van der Waals surface area contributed by atoms with Gasteiger partial charge in [0.25, 0.3) is 5.91 Å². The van der Waals surface area contributed by atoms with Crippen LogP contribution in [0.25, 0.3) is 0 Å². The van der Waals surface area contributed by atoms with Crippen LogP contribution in [0.5, 0.6) is 0 Å². The lowest BCUT2D eigenvalue weighted by molar-refractivity contribution is 0.0999. The molecular weight excluding hydrogens is 194 g/mol. The highest BCUT2D eigenvalue weighted by atomic mass is 16.1. The minimum absolute atomic E-state index is 0.337. The van der Waals surface area contributed by atoms with Gasteiger partial charge in [-0.3, -0.25) is 4.79 Å². The van der Waals surface area contributed by atoms with Crippen LogP contribution in [0.15, 0.2) is 12.4 Å². The van der Waals surface area contributed by atoms with Crippen molar-refractivity contribution in [1.29, 1.82) is 0 Å². The second kappa shape index (κ2) is 3.82. The van der Waals surface area contributed by atoms with Crippen molar-refractivity contribution >= 4 is 11.9 Å². The summed E-state index contributed by atoms with van der Waals surface area (Å²) in [7, 11) is 1.93. The zero-order chi connectivity index (χ0) is 10.8. The summed E-state index contributed by atoms with van der Waals surface area (Å²) in [5.74, 6) is 0.143. The number of amides is 1. The smallest absolute Gasteiger partial charge is 0.251 e. The van der Waals surface area contributed by atoms with Gasteiger partial charge in [-0.25, -0.2) is 9.97 Å². The van der Waals surface area contributed by atoms with Crippen LogP contribution in [0.2, 0.25) is 0 Å². The maximum Gasteiger partial charge on any atom is 0.251 e. The third kappa shape index (κ3) is 1.89. The van der Waals surface area contributed by atoms with Gasteiger partial charge in [0.05, 0.1) is 5.56 Å². The number of primary amides is 1. The van der Waals surface area contributed by atoms with E-state index >= 15 is 0 Å². The number of carbonyl (C=O) groups excluding carboxylic acids is 1. The number of nitrogens with one attached hydrogen (secondary N) is 1. The van der Waals surface area contributed by atoms with Gasteiger partial charge < -0.3 is 16.0 Å². The van der Waals surface area contributed by atoms with Gasteiger partial charge in [-0.1, -0.05) is 0 Å². The fraction of sp³-hybridized carbons (Fsp3) is 0.444. The molecule has 1 fully saturated rings. The zero-order valence-corrected chi connectivity index (χ0v) is 8.47. The Morgan fingerprint density at radius 2 is 2.13 bits per heavy atom. The van der Waals surface area contributed by atoms with Crippen LogP contribution in [0.1, 0.15) is 10.4 Å². The average Bonchev–Trinajstić information content (AvgIpc) is 2.17. The molecule has 3 N–H and O–H groups in total. The number of aromatic nitrogens is 2. The van der Waals surface area contributed by atoms with Crippen molar-refractivity contribution in [3.8, 4) is 0 Å². The monoisotopic (exact) mass is 207 g/mol. The summed E-state index contributed by atoms with van der Waals surface area (Å²) in [5, 5.41) is 3.16. The summed E-state index contributed by atoms with van der Waals surface area (Å²) in [6.07, 6.45) is 2.91. The predicted octanol–water partition coefficient (Wildman–Crippen LogP) is -1.02. The maximum atomic E-state index is 10.8. The molecule has 1 aliphatic rings. The van der Waals surface area contributed by atoms with E-state index in [2.05, 4.69) is 15.3 Å². The highest BCUT2D eigenvalue weighted by Gasteiger charge is 2.26. The summed E-state index contributed by atoms with van der Waals surface area (Å²) in [4.78, 5) is 21.0. The molecular formula is C9H13N5O. The molecule has 1 aliphatic heterocycles. The molecule has 0 spiro atoms. The summed E-state index contributed by atoms with van der Waals surface area (Å²) in [5.41, 5.74) is 5.42. The van der Waals surface area contributed by atoms with Crippen molar-refractivity contribution in [2.45, 2.75) is 6.04 Å². The van der Waals surface area contributed by atoms with Gasteiger partial charge in [-0.2, -0.15) is 0 Å². The molecule has 1 amide bonds. The lowest BCUT2D eigenvalue weighted by atomic mass is 10.1. The number of nitrogens with zero attached hydrogens (tertiary/aromatic N) is 3. The first kappa shape index (κ1) is 9.85. The molecule has 6 heteroatoms. The Kier molecular flexibility index (Phi) is 2.51. The minimum atomic E-state index is -0.502. The molecule has 0 unspecified atom stereocenters. The van der Waals surface area contributed by atoms with Gasteiger partial charge in [0.1, 0.15) is 0 Å². The molecule has 1 saturated heterocycles. The second-order valence-corrected chi connectivity index (χ2v) is 3.53. The summed E-state index contributed by atoms with van der Waals surface area (Å²) >= 11 is 0.